The first kappa shape index (κ1) is 18.6. The van der Waals surface area contributed by atoms with Crippen LogP contribution in [0.4, 0.5) is 4.79 Å². The second-order valence-corrected chi connectivity index (χ2v) is 7.55. The van der Waals surface area contributed by atoms with Crippen LogP contribution in [0.5, 0.6) is 0 Å². The average Bonchev–Trinajstić information content (AvgIpc) is 2.95. The maximum Gasteiger partial charge on any atom is 0.410 e. The first-order valence-electron chi connectivity index (χ1n) is 8.23. The Bertz CT molecular complexity index is 595. The standard InChI is InChI=1S/C18H25ClN2O3/c1-12(13-7-9-14(19)10-8-13)20-16(22)15-6-5-11-21(15)17(23)24-18(2,3)4/h7-10,12,15H,5-6,11H2,1-4H3,(H,20,22)/t12-,15-/m1/s1. The lowest BCUT2D eigenvalue weighted by atomic mass is 10.1. The molecule has 6 heteroatoms. The van der Waals surface area contributed by atoms with Gasteiger partial charge in [-0.25, -0.2) is 4.79 Å². The van der Waals surface area contributed by atoms with Crippen molar-refractivity contribution in [2.45, 2.75) is 58.2 Å². The van der Waals surface area contributed by atoms with Crippen molar-refractivity contribution in [1.82, 2.24) is 10.2 Å². The predicted octanol–water partition coefficient (Wildman–Crippen LogP) is 3.92. The molecule has 2 atom stereocenters. The summed E-state index contributed by atoms with van der Waals surface area (Å²) in [7, 11) is 0. The van der Waals surface area contributed by atoms with Crippen molar-refractivity contribution >= 4 is 23.6 Å². The lowest BCUT2D eigenvalue weighted by Gasteiger charge is -2.28. The van der Waals surface area contributed by atoms with E-state index in [9.17, 15) is 9.59 Å². The van der Waals surface area contributed by atoms with Crippen LogP contribution in [0.15, 0.2) is 24.3 Å². The van der Waals surface area contributed by atoms with E-state index in [0.29, 0.717) is 18.0 Å². The number of hydrogen-bond acceptors (Lipinski definition) is 3. The molecule has 0 aromatic heterocycles. The SMILES string of the molecule is C[C@@H](NC(=O)[C@H]1CCCN1C(=O)OC(C)(C)C)c1ccc(Cl)cc1. The number of carbonyl (C=O) groups is 2. The van der Waals surface area contributed by atoms with Crippen LogP contribution in [0.1, 0.15) is 52.1 Å². The third-order valence-electron chi connectivity index (χ3n) is 3.91. The highest BCUT2D eigenvalue weighted by atomic mass is 35.5. The summed E-state index contributed by atoms with van der Waals surface area (Å²) in [5.74, 6) is -0.152. The van der Waals surface area contributed by atoms with Crippen molar-refractivity contribution in [2.75, 3.05) is 6.54 Å². The maximum atomic E-state index is 12.6. The molecule has 0 radical (unpaired) electrons. The molecule has 2 amide bonds. The number of halogens is 1. The number of nitrogens with one attached hydrogen (secondary N) is 1. The van der Waals surface area contributed by atoms with Gasteiger partial charge in [0, 0.05) is 11.6 Å². The fraction of sp³-hybridized carbons (Fsp3) is 0.556. The van der Waals surface area contributed by atoms with E-state index in [2.05, 4.69) is 5.32 Å². The first-order valence-corrected chi connectivity index (χ1v) is 8.60. The van der Waals surface area contributed by atoms with Gasteiger partial charge in [0.05, 0.1) is 6.04 Å². The minimum Gasteiger partial charge on any atom is -0.444 e. The van der Waals surface area contributed by atoms with Crippen molar-refractivity contribution in [3.8, 4) is 0 Å². The van der Waals surface area contributed by atoms with Crippen molar-refractivity contribution in [3.05, 3.63) is 34.9 Å². The minimum atomic E-state index is -0.572. The number of benzene rings is 1. The van der Waals surface area contributed by atoms with E-state index < -0.39 is 17.7 Å². The fourth-order valence-corrected chi connectivity index (χ4v) is 2.85. The zero-order chi connectivity index (χ0) is 17.9. The van der Waals surface area contributed by atoms with Crippen LogP contribution in [0.2, 0.25) is 5.02 Å². The van der Waals surface area contributed by atoms with E-state index in [1.807, 2.05) is 39.8 Å². The zero-order valence-corrected chi connectivity index (χ0v) is 15.4. The Kier molecular flexibility index (Phi) is 5.75. The number of hydrogen-bond donors (Lipinski definition) is 1. The van der Waals surface area contributed by atoms with Crippen LogP contribution in [0.3, 0.4) is 0 Å². The summed E-state index contributed by atoms with van der Waals surface area (Å²) in [6.45, 7) is 7.91. The smallest absolute Gasteiger partial charge is 0.410 e. The van der Waals surface area contributed by atoms with Crippen molar-refractivity contribution < 1.29 is 14.3 Å². The minimum absolute atomic E-state index is 0.152. The first-order chi connectivity index (χ1) is 11.2. The van der Waals surface area contributed by atoms with Gasteiger partial charge in [-0.1, -0.05) is 23.7 Å². The van der Waals surface area contributed by atoms with Gasteiger partial charge >= 0.3 is 6.09 Å². The third-order valence-corrected chi connectivity index (χ3v) is 4.16. The number of ether oxygens (including phenoxy) is 1. The number of nitrogens with zero attached hydrogens (tertiary/aromatic N) is 1. The largest absolute Gasteiger partial charge is 0.444 e. The molecule has 0 saturated carbocycles. The van der Waals surface area contributed by atoms with E-state index in [1.54, 1.807) is 12.1 Å². The molecule has 0 unspecified atom stereocenters. The van der Waals surface area contributed by atoms with E-state index in [1.165, 1.54) is 4.90 Å². The van der Waals surface area contributed by atoms with E-state index in [-0.39, 0.29) is 11.9 Å². The molecule has 1 aromatic carbocycles. The fourth-order valence-electron chi connectivity index (χ4n) is 2.72. The van der Waals surface area contributed by atoms with Crippen LogP contribution < -0.4 is 5.32 Å². The van der Waals surface area contributed by atoms with Crippen LogP contribution in [-0.2, 0) is 9.53 Å². The van der Waals surface area contributed by atoms with Gasteiger partial charge in [0.2, 0.25) is 5.91 Å². The lowest BCUT2D eigenvalue weighted by Crippen LogP contribution is -2.48. The summed E-state index contributed by atoms with van der Waals surface area (Å²) in [5.41, 5.74) is 0.395. The number of likely N-dealkylation sites (tertiary alicyclic amines) is 1. The Hall–Kier alpha value is -1.75. The van der Waals surface area contributed by atoms with Crippen LogP contribution >= 0.6 is 11.6 Å². The molecule has 1 fully saturated rings. The normalized spacial score (nSPS) is 19.0. The molecule has 1 aliphatic heterocycles. The summed E-state index contributed by atoms with van der Waals surface area (Å²) in [4.78, 5) is 26.4. The Balaban J connectivity index is 2.00. The van der Waals surface area contributed by atoms with Gasteiger partial charge in [-0.2, -0.15) is 0 Å². The molecule has 5 nitrogen and oxygen atoms in total. The molecule has 1 aliphatic rings. The lowest BCUT2D eigenvalue weighted by molar-refractivity contribution is -0.126. The van der Waals surface area contributed by atoms with E-state index in [4.69, 9.17) is 16.3 Å². The van der Waals surface area contributed by atoms with Crippen molar-refractivity contribution in [2.24, 2.45) is 0 Å². The highest BCUT2D eigenvalue weighted by Crippen LogP contribution is 2.22. The van der Waals surface area contributed by atoms with E-state index in [0.717, 1.165) is 12.0 Å². The molecule has 1 aromatic rings. The van der Waals surface area contributed by atoms with Gasteiger partial charge in [-0.05, 0) is 58.2 Å². The summed E-state index contributed by atoms with van der Waals surface area (Å²) >= 11 is 5.89. The Morgan fingerprint density at radius 1 is 1.29 bits per heavy atom. The van der Waals surface area contributed by atoms with Crippen LogP contribution in [0.25, 0.3) is 0 Å². The molecule has 132 valence electrons. The molecule has 0 spiro atoms. The van der Waals surface area contributed by atoms with Crippen molar-refractivity contribution in [3.63, 3.8) is 0 Å². The maximum absolute atomic E-state index is 12.6. The monoisotopic (exact) mass is 352 g/mol. The van der Waals surface area contributed by atoms with Gasteiger partial charge < -0.3 is 10.1 Å². The summed E-state index contributed by atoms with van der Waals surface area (Å²) in [5, 5.41) is 3.63. The quantitative estimate of drug-likeness (QED) is 0.897. The number of amides is 2. The average molecular weight is 353 g/mol. The number of rotatable bonds is 3. The zero-order valence-electron chi connectivity index (χ0n) is 14.6. The molecule has 24 heavy (non-hydrogen) atoms. The Labute approximate surface area is 148 Å². The van der Waals surface area contributed by atoms with Crippen LogP contribution in [-0.4, -0.2) is 35.1 Å². The molecular weight excluding hydrogens is 328 g/mol. The van der Waals surface area contributed by atoms with E-state index >= 15 is 0 Å². The summed E-state index contributed by atoms with van der Waals surface area (Å²) in [6, 6.07) is 6.72. The van der Waals surface area contributed by atoms with Gasteiger partial charge in [-0.15, -0.1) is 0 Å². The second kappa shape index (κ2) is 7.43. The van der Waals surface area contributed by atoms with Gasteiger partial charge in [0.1, 0.15) is 11.6 Å². The molecule has 0 aliphatic carbocycles. The van der Waals surface area contributed by atoms with Crippen LogP contribution in [0, 0.1) is 0 Å². The Morgan fingerprint density at radius 3 is 2.50 bits per heavy atom. The summed E-state index contributed by atoms with van der Waals surface area (Å²) < 4.78 is 5.40. The third kappa shape index (κ3) is 4.87. The van der Waals surface area contributed by atoms with Gasteiger partial charge in [-0.3, -0.25) is 9.69 Å². The predicted molar refractivity (Wildman–Crippen MR) is 94.0 cm³/mol. The van der Waals surface area contributed by atoms with Crippen molar-refractivity contribution in [1.29, 1.82) is 0 Å². The van der Waals surface area contributed by atoms with Gasteiger partial charge in [0.15, 0.2) is 0 Å². The molecule has 0 bridgehead atoms. The molecule has 1 heterocycles. The highest BCUT2D eigenvalue weighted by molar-refractivity contribution is 6.30. The molecular formula is C18H25ClN2O3. The molecule has 1 saturated heterocycles. The molecule has 1 N–H and O–H groups in total. The van der Waals surface area contributed by atoms with Gasteiger partial charge in [0.25, 0.3) is 0 Å². The highest BCUT2D eigenvalue weighted by Gasteiger charge is 2.36. The summed E-state index contributed by atoms with van der Waals surface area (Å²) in [6.07, 6.45) is 1.02. The number of carbonyl (C=O) groups excluding carboxylic acids is 2. The molecule has 2 rings (SSSR count). The Morgan fingerprint density at radius 2 is 1.92 bits per heavy atom. The second-order valence-electron chi connectivity index (χ2n) is 7.11. The topological polar surface area (TPSA) is 58.6 Å².